The summed E-state index contributed by atoms with van der Waals surface area (Å²) in [5.41, 5.74) is 5.15. The molecule has 0 bridgehead atoms. The third-order valence-corrected chi connectivity index (χ3v) is 16.0. The summed E-state index contributed by atoms with van der Waals surface area (Å²) in [5, 5.41) is 40.4. The molecule has 0 aliphatic heterocycles. The predicted octanol–water partition coefficient (Wildman–Crippen LogP) is 14.0. The maximum atomic E-state index is 13.3. The summed E-state index contributed by atoms with van der Waals surface area (Å²) in [5.74, 6) is -0.968. The first kappa shape index (κ1) is 69.5. The third-order valence-electron chi connectivity index (χ3n) is 11.8. The molecule has 472 valence electrons. The zero-order valence-corrected chi connectivity index (χ0v) is 52.1. The van der Waals surface area contributed by atoms with Crippen molar-refractivity contribution in [3.8, 4) is 23.0 Å². The normalized spacial score (nSPS) is 12.4. The average Bonchev–Trinajstić information content (AvgIpc) is 2.32. The van der Waals surface area contributed by atoms with E-state index in [0.717, 1.165) is 12.1 Å². The Hall–Kier alpha value is -7.55. The summed E-state index contributed by atoms with van der Waals surface area (Å²) in [6.45, 7) is 6.52. The lowest BCUT2D eigenvalue weighted by Gasteiger charge is -2.12. The molecule has 6 aromatic rings. The fourth-order valence-corrected chi connectivity index (χ4v) is 10.0. The van der Waals surface area contributed by atoms with Crippen molar-refractivity contribution < 1.29 is 84.7 Å². The van der Waals surface area contributed by atoms with Gasteiger partial charge in [0.2, 0.25) is 0 Å². The number of azo groups is 4. The molecule has 0 aromatic heterocycles. The highest BCUT2D eigenvalue weighted by molar-refractivity contribution is 7.94. The van der Waals surface area contributed by atoms with Gasteiger partial charge in [-0.05, 0) is 167 Å². The number of urea groups is 1. The Morgan fingerprint density at radius 2 is 0.773 bits per heavy atom. The first-order chi connectivity index (χ1) is 41.6. The van der Waals surface area contributed by atoms with Gasteiger partial charge in [-0.3, -0.25) is 18.2 Å². The molecule has 0 saturated carbocycles. The van der Waals surface area contributed by atoms with Gasteiger partial charge in [-0.25, -0.2) is 4.79 Å². The molecule has 0 radical (unpaired) electrons. The number of ether oxygens (including phenoxy) is 4. The number of anilines is 2. The Morgan fingerprint density at radius 3 is 1.17 bits per heavy atom. The summed E-state index contributed by atoms with van der Waals surface area (Å²) in [6, 6.07) is 23.3. The van der Waals surface area contributed by atoms with E-state index >= 15 is 0 Å². The van der Waals surface area contributed by atoms with Crippen LogP contribution in [0.1, 0.15) is 47.9 Å². The van der Waals surface area contributed by atoms with Gasteiger partial charge in [0, 0.05) is 52.3 Å². The van der Waals surface area contributed by atoms with Gasteiger partial charge < -0.3 is 38.7 Å². The topological polar surface area (TPSA) is 435 Å². The molecule has 0 spiro atoms. The Kier molecular flexibility index (Phi) is 25.4. The van der Waals surface area contributed by atoms with E-state index in [1.54, 1.807) is 82.3 Å². The first-order valence-electron chi connectivity index (χ1n) is 26.0. The molecule has 29 nitrogen and oxygen atoms in total. The van der Waals surface area contributed by atoms with Crippen molar-refractivity contribution in [1.29, 1.82) is 0 Å². The van der Waals surface area contributed by atoms with Crippen molar-refractivity contribution in [3.63, 3.8) is 0 Å². The van der Waals surface area contributed by atoms with E-state index in [2.05, 4.69) is 51.5 Å². The quantitative estimate of drug-likeness (QED) is 0.00841. The minimum absolute atomic E-state index is 0.0147. The zero-order chi connectivity index (χ0) is 64.2. The molecule has 2 amide bonds. The maximum absolute atomic E-state index is 13.3. The van der Waals surface area contributed by atoms with E-state index in [-0.39, 0.29) is 97.1 Å². The Morgan fingerprint density at radius 1 is 0.420 bits per heavy atom. The van der Waals surface area contributed by atoms with Crippen LogP contribution in [0.3, 0.4) is 0 Å². The summed E-state index contributed by atoms with van der Waals surface area (Å²) < 4.78 is 171. The minimum Gasteiger partial charge on any atom is -0.491 e. The van der Waals surface area contributed by atoms with Gasteiger partial charge in [0.05, 0.1) is 71.3 Å². The van der Waals surface area contributed by atoms with Gasteiger partial charge in [0.1, 0.15) is 45.7 Å². The predicted molar refractivity (Wildman–Crippen MR) is 330 cm³/mol. The monoisotopic (exact) mass is 1330 g/mol. The summed E-state index contributed by atoms with van der Waals surface area (Å²) >= 11 is 1.05. The SMILES string of the molecule is Cc1cc(N=Nc2ccc(NC(=O)Nc3ccc(N=Nc4cc(C)c(N=Nc5ccc(SO)cc5OCCCS(=O)(=O)O)cc4OCCCS(=O)(=O)O)c(C)c3)cc2C)c(OCCCS(=O)(=O)O)cc1N=Nc1ccc(S(=O)(=O)O)cc1OCCCSO. The molecule has 0 saturated heterocycles. The van der Waals surface area contributed by atoms with Crippen molar-refractivity contribution in [3.05, 3.63) is 119 Å². The molecule has 0 aliphatic rings. The number of benzene rings is 6. The molecule has 35 heteroatoms. The van der Waals surface area contributed by atoms with Crippen LogP contribution in [-0.2, 0) is 40.5 Å². The number of hydrogen-bond acceptors (Lipinski definition) is 25. The molecule has 8 N–H and O–H groups in total. The molecule has 0 fully saturated rings. The fourth-order valence-electron chi connectivity index (χ4n) is 7.52. The number of carbonyl (C=O) groups is 1. The van der Waals surface area contributed by atoms with Crippen molar-refractivity contribution in [1.82, 2.24) is 0 Å². The number of nitrogens with one attached hydrogen (secondary N) is 2. The second-order valence-corrected chi connectivity index (χ2v) is 26.4. The molecule has 0 atom stereocenters. The standard InChI is InChI=1S/C53H60N10O19S6/c1-33-25-37(9-13-41(33)56-62-47-27-35(3)45(31-51(47)81-19-7-23-86(70,71)72)60-58-43-15-11-39(84-66)29-49(43)80-18-6-22-85(67,68)69)54-53(64)55-38-10-14-42(34(2)26-38)57-63-48-28-36(4)46(32-52(48)82-20-8-24-87(73,74)75)61-59-44-16-12-40(88(76,77)78)30-50(44)79-17-5-21-83-65/h9-16,25-32,65-66H,5-8,17-24H2,1-4H3,(H2,54,55,64)(H,67,68,69)(H,70,71,72)(H,73,74,75)(H,76,77,78). The third kappa shape index (κ3) is 23.2. The summed E-state index contributed by atoms with van der Waals surface area (Å²) in [6.07, 6.45) is 0.196. The number of nitrogens with zero attached hydrogens (tertiary/aromatic N) is 8. The number of aryl methyl sites for hydroxylation is 4. The maximum Gasteiger partial charge on any atom is 0.323 e. The van der Waals surface area contributed by atoms with Crippen LogP contribution in [0.5, 0.6) is 23.0 Å². The van der Waals surface area contributed by atoms with Gasteiger partial charge >= 0.3 is 6.03 Å². The van der Waals surface area contributed by atoms with Crippen molar-refractivity contribution in [2.45, 2.75) is 63.2 Å². The van der Waals surface area contributed by atoms with E-state index in [1.807, 2.05) is 0 Å². The Labute approximate surface area is 515 Å². The molecular weight excluding hydrogens is 1270 g/mol. The molecule has 0 unspecified atom stereocenters. The second-order valence-electron chi connectivity index (χ2n) is 18.9. The van der Waals surface area contributed by atoms with Crippen LogP contribution < -0.4 is 29.6 Å². The van der Waals surface area contributed by atoms with Crippen LogP contribution >= 0.6 is 24.1 Å². The van der Waals surface area contributed by atoms with Crippen LogP contribution in [0.15, 0.2) is 148 Å². The smallest absolute Gasteiger partial charge is 0.323 e. The van der Waals surface area contributed by atoms with E-state index in [4.69, 9.17) is 28.1 Å². The highest BCUT2D eigenvalue weighted by Gasteiger charge is 2.18. The van der Waals surface area contributed by atoms with Gasteiger partial charge in [-0.1, -0.05) is 0 Å². The van der Waals surface area contributed by atoms with Crippen LogP contribution in [0.2, 0.25) is 0 Å². The van der Waals surface area contributed by atoms with E-state index in [9.17, 15) is 56.7 Å². The number of amides is 2. The molecule has 0 heterocycles. The van der Waals surface area contributed by atoms with Crippen LogP contribution in [0.25, 0.3) is 0 Å². The number of carbonyl (C=O) groups excluding carboxylic acids is 1. The Balaban J connectivity index is 1.15. The zero-order valence-electron chi connectivity index (χ0n) is 47.2. The second kappa shape index (κ2) is 32.1. The van der Waals surface area contributed by atoms with Gasteiger partial charge in [0.25, 0.3) is 40.5 Å². The van der Waals surface area contributed by atoms with Crippen LogP contribution in [0.4, 0.5) is 61.7 Å². The average molecular weight is 1330 g/mol. The largest absolute Gasteiger partial charge is 0.491 e. The lowest BCUT2D eigenvalue weighted by Crippen LogP contribution is -2.19. The molecule has 88 heavy (non-hydrogen) atoms. The lowest BCUT2D eigenvalue weighted by molar-refractivity contribution is 0.262. The first-order valence-corrected chi connectivity index (χ1v) is 34.0. The molecule has 6 aromatic carbocycles. The molecular formula is C53H60N10O19S6. The highest BCUT2D eigenvalue weighted by atomic mass is 32.2. The summed E-state index contributed by atoms with van der Waals surface area (Å²) in [7, 11) is -17.4. The van der Waals surface area contributed by atoms with Crippen LogP contribution in [-0.4, -0.2) is 116 Å². The van der Waals surface area contributed by atoms with Crippen molar-refractivity contribution in [2.75, 3.05) is 60.1 Å². The summed E-state index contributed by atoms with van der Waals surface area (Å²) in [4.78, 5) is 13.2. The van der Waals surface area contributed by atoms with E-state index < -0.39 is 68.7 Å². The molecule has 6 rings (SSSR count). The van der Waals surface area contributed by atoms with Gasteiger partial charge in [-0.15, -0.1) is 20.5 Å². The fraction of sp³-hybridized carbons (Fsp3) is 0.302. The Bertz CT molecular complexity index is 4080. The number of hydrogen-bond donors (Lipinski definition) is 8. The highest BCUT2D eigenvalue weighted by Crippen LogP contribution is 2.41. The van der Waals surface area contributed by atoms with E-state index in [1.165, 1.54) is 30.3 Å². The van der Waals surface area contributed by atoms with Gasteiger partial charge in [-0.2, -0.15) is 54.1 Å². The lowest BCUT2D eigenvalue weighted by atomic mass is 10.1. The van der Waals surface area contributed by atoms with Gasteiger partial charge in [0.15, 0.2) is 0 Å². The number of rotatable bonds is 32. The van der Waals surface area contributed by atoms with Crippen molar-refractivity contribution in [2.24, 2.45) is 40.9 Å². The van der Waals surface area contributed by atoms with Crippen molar-refractivity contribution >= 4 is 127 Å². The van der Waals surface area contributed by atoms with Crippen LogP contribution in [0, 0.1) is 27.7 Å². The molecule has 0 aliphatic carbocycles. The minimum atomic E-state index is -4.59. The van der Waals surface area contributed by atoms with E-state index in [0.29, 0.717) is 91.8 Å².